The van der Waals surface area contributed by atoms with Gasteiger partial charge in [-0.05, 0) is 42.5 Å². The fraction of sp³-hybridized carbons (Fsp3) is 0.333. The minimum atomic E-state index is -3.71. The molecule has 2 N–H and O–H groups in total. The lowest BCUT2D eigenvalue weighted by atomic mass is 10.2. The van der Waals surface area contributed by atoms with Gasteiger partial charge in [0.2, 0.25) is 15.9 Å². The van der Waals surface area contributed by atoms with E-state index in [-0.39, 0.29) is 27.9 Å². The van der Waals surface area contributed by atoms with Crippen LogP contribution in [-0.4, -0.2) is 76.4 Å². The molecule has 172 valence electrons. The molecule has 9 nitrogen and oxygen atoms in total. The van der Waals surface area contributed by atoms with E-state index in [1.165, 1.54) is 32.3 Å². The van der Waals surface area contributed by atoms with Gasteiger partial charge in [-0.15, -0.1) is 0 Å². The number of benzene rings is 2. The molecule has 0 unspecified atom stereocenters. The molecule has 0 aromatic heterocycles. The Morgan fingerprint density at radius 3 is 2.22 bits per heavy atom. The van der Waals surface area contributed by atoms with Crippen LogP contribution in [0.15, 0.2) is 47.4 Å². The summed E-state index contributed by atoms with van der Waals surface area (Å²) in [7, 11) is -0.891. The zero-order valence-corrected chi connectivity index (χ0v) is 19.4. The van der Waals surface area contributed by atoms with Gasteiger partial charge < -0.3 is 15.4 Å². The molecule has 0 spiro atoms. The minimum Gasteiger partial charge on any atom is -0.379 e. The van der Waals surface area contributed by atoms with Crippen LogP contribution in [0, 0.1) is 0 Å². The van der Waals surface area contributed by atoms with Gasteiger partial charge in [0, 0.05) is 38.6 Å². The summed E-state index contributed by atoms with van der Waals surface area (Å²) in [5, 5.41) is 5.64. The molecule has 1 heterocycles. The van der Waals surface area contributed by atoms with Crippen molar-refractivity contribution in [2.75, 3.05) is 57.6 Å². The van der Waals surface area contributed by atoms with Crippen LogP contribution < -0.4 is 10.6 Å². The predicted octanol–water partition coefficient (Wildman–Crippen LogP) is 2.11. The second-order valence-corrected chi connectivity index (χ2v) is 9.96. The number of carbonyl (C=O) groups is 2. The third kappa shape index (κ3) is 6.05. The molecular weight excluding hydrogens is 456 g/mol. The molecule has 0 atom stereocenters. The minimum absolute atomic E-state index is 0.0321. The van der Waals surface area contributed by atoms with Gasteiger partial charge in [-0.3, -0.25) is 14.5 Å². The van der Waals surface area contributed by atoms with Gasteiger partial charge in [0.15, 0.2) is 0 Å². The maximum Gasteiger partial charge on any atom is 0.257 e. The first-order chi connectivity index (χ1) is 15.2. The van der Waals surface area contributed by atoms with E-state index < -0.39 is 15.9 Å². The van der Waals surface area contributed by atoms with E-state index in [9.17, 15) is 18.0 Å². The largest absolute Gasteiger partial charge is 0.379 e. The number of rotatable bonds is 7. The maximum absolute atomic E-state index is 12.7. The number of halogens is 1. The molecule has 3 rings (SSSR count). The zero-order chi connectivity index (χ0) is 23.3. The number of amides is 2. The maximum atomic E-state index is 12.7. The summed E-state index contributed by atoms with van der Waals surface area (Å²) < 4.78 is 31.0. The Bertz CT molecular complexity index is 1080. The fourth-order valence-electron chi connectivity index (χ4n) is 3.05. The van der Waals surface area contributed by atoms with Crippen LogP contribution in [0.5, 0.6) is 0 Å². The highest BCUT2D eigenvalue weighted by atomic mass is 35.5. The number of anilines is 2. The summed E-state index contributed by atoms with van der Waals surface area (Å²) in [6.45, 7) is 2.97. The highest BCUT2D eigenvalue weighted by Gasteiger charge is 2.21. The number of hydrogen-bond donors (Lipinski definition) is 2. The second-order valence-electron chi connectivity index (χ2n) is 7.40. The zero-order valence-electron chi connectivity index (χ0n) is 17.8. The topological polar surface area (TPSA) is 108 Å². The van der Waals surface area contributed by atoms with Gasteiger partial charge in [-0.2, -0.15) is 0 Å². The van der Waals surface area contributed by atoms with Crippen LogP contribution in [0.3, 0.4) is 0 Å². The van der Waals surface area contributed by atoms with Crippen LogP contribution in [0.25, 0.3) is 0 Å². The van der Waals surface area contributed by atoms with Crippen molar-refractivity contribution in [2.24, 2.45) is 0 Å². The van der Waals surface area contributed by atoms with E-state index in [1.54, 1.807) is 24.3 Å². The van der Waals surface area contributed by atoms with Crippen molar-refractivity contribution in [2.45, 2.75) is 4.90 Å². The van der Waals surface area contributed by atoms with Gasteiger partial charge in [-0.1, -0.05) is 11.6 Å². The number of carbonyl (C=O) groups excluding carboxylic acids is 2. The van der Waals surface area contributed by atoms with Crippen molar-refractivity contribution >= 4 is 44.8 Å². The number of sulfonamides is 1. The summed E-state index contributed by atoms with van der Waals surface area (Å²) in [4.78, 5) is 26.9. The first kappa shape index (κ1) is 24.1. The predicted molar refractivity (Wildman–Crippen MR) is 123 cm³/mol. The average Bonchev–Trinajstić information content (AvgIpc) is 2.75. The molecule has 11 heteroatoms. The molecule has 0 aliphatic carbocycles. The molecule has 0 saturated carbocycles. The van der Waals surface area contributed by atoms with Crippen molar-refractivity contribution in [1.29, 1.82) is 0 Å². The lowest BCUT2D eigenvalue weighted by Crippen LogP contribution is -2.41. The van der Waals surface area contributed by atoms with Gasteiger partial charge in [0.25, 0.3) is 5.91 Å². The monoisotopic (exact) mass is 480 g/mol. The Morgan fingerprint density at radius 1 is 1.03 bits per heavy atom. The van der Waals surface area contributed by atoms with Crippen molar-refractivity contribution in [3.63, 3.8) is 0 Å². The van der Waals surface area contributed by atoms with Crippen molar-refractivity contribution in [3.05, 3.63) is 53.1 Å². The molecule has 1 aliphatic heterocycles. The van der Waals surface area contributed by atoms with E-state index in [1.807, 2.05) is 4.90 Å². The summed E-state index contributed by atoms with van der Waals surface area (Å²) in [6.07, 6.45) is 0. The quantitative estimate of drug-likeness (QED) is 0.628. The third-order valence-corrected chi connectivity index (χ3v) is 7.00. The van der Waals surface area contributed by atoms with Crippen LogP contribution in [0.2, 0.25) is 5.02 Å². The number of nitrogens with zero attached hydrogens (tertiary/aromatic N) is 2. The highest BCUT2D eigenvalue weighted by Crippen LogP contribution is 2.23. The SMILES string of the molecule is CN(C)S(=O)(=O)c1ccc(Cl)c(C(=O)Nc2ccc(NC(=O)CN3CCOCC3)cc2)c1. The number of morpholine rings is 1. The van der Waals surface area contributed by atoms with Gasteiger partial charge in [0.1, 0.15) is 0 Å². The average molecular weight is 481 g/mol. The lowest BCUT2D eigenvalue weighted by Gasteiger charge is -2.25. The first-order valence-corrected chi connectivity index (χ1v) is 11.7. The molecule has 0 bridgehead atoms. The number of ether oxygens (including phenoxy) is 1. The van der Waals surface area contributed by atoms with Crippen LogP contribution in [-0.2, 0) is 19.6 Å². The summed E-state index contributed by atoms with van der Waals surface area (Å²) in [5.41, 5.74) is 1.11. The summed E-state index contributed by atoms with van der Waals surface area (Å²) in [5.74, 6) is -0.677. The first-order valence-electron chi connectivity index (χ1n) is 9.90. The van der Waals surface area contributed by atoms with E-state index >= 15 is 0 Å². The molecule has 1 fully saturated rings. The van der Waals surface area contributed by atoms with Crippen LogP contribution in [0.1, 0.15) is 10.4 Å². The van der Waals surface area contributed by atoms with Gasteiger partial charge in [0.05, 0.1) is 35.2 Å². The van der Waals surface area contributed by atoms with Crippen LogP contribution >= 0.6 is 11.6 Å². The Morgan fingerprint density at radius 2 is 1.62 bits per heavy atom. The van der Waals surface area contributed by atoms with Gasteiger partial charge >= 0.3 is 0 Å². The Balaban J connectivity index is 1.64. The normalized spacial score (nSPS) is 14.9. The van der Waals surface area contributed by atoms with Crippen molar-refractivity contribution < 1.29 is 22.7 Å². The Labute approximate surface area is 192 Å². The molecule has 1 aliphatic rings. The Kier molecular flexibility index (Phi) is 7.86. The molecule has 2 aromatic rings. The number of nitrogens with one attached hydrogen (secondary N) is 2. The van der Waals surface area contributed by atoms with Crippen molar-refractivity contribution in [3.8, 4) is 0 Å². The molecule has 0 radical (unpaired) electrons. The highest BCUT2D eigenvalue weighted by molar-refractivity contribution is 7.89. The van der Waals surface area contributed by atoms with Gasteiger partial charge in [-0.25, -0.2) is 12.7 Å². The molecule has 32 heavy (non-hydrogen) atoms. The third-order valence-electron chi connectivity index (χ3n) is 4.86. The molecule has 2 aromatic carbocycles. The smallest absolute Gasteiger partial charge is 0.257 e. The van der Waals surface area contributed by atoms with Crippen LogP contribution in [0.4, 0.5) is 11.4 Å². The second kappa shape index (κ2) is 10.4. The van der Waals surface area contributed by atoms with Crippen molar-refractivity contribution in [1.82, 2.24) is 9.21 Å². The molecular formula is C21H25ClN4O5S. The molecule has 1 saturated heterocycles. The lowest BCUT2D eigenvalue weighted by molar-refractivity contribution is -0.118. The molecule has 2 amide bonds. The van der Waals surface area contributed by atoms with E-state index in [2.05, 4.69) is 10.6 Å². The fourth-order valence-corrected chi connectivity index (χ4v) is 4.18. The summed E-state index contributed by atoms with van der Waals surface area (Å²) in [6, 6.07) is 10.6. The summed E-state index contributed by atoms with van der Waals surface area (Å²) >= 11 is 6.12. The van der Waals surface area contributed by atoms with E-state index in [4.69, 9.17) is 16.3 Å². The Hall–Kier alpha value is -2.50. The number of hydrogen-bond acceptors (Lipinski definition) is 6. The standard InChI is InChI=1S/C21H25ClN4O5S/c1-25(2)32(29,30)17-7-8-19(22)18(13-17)21(28)24-16-5-3-15(4-6-16)23-20(27)14-26-9-11-31-12-10-26/h3-8,13H,9-12,14H2,1-2H3,(H,23,27)(H,24,28). The van der Waals surface area contributed by atoms with E-state index in [0.29, 0.717) is 24.6 Å². The van der Waals surface area contributed by atoms with E-state index in [0.717, 1.165) is 17.4 Å².